The molecule has 2 aromatic carbocycles. The van der Waals surface area contributed by atoms with Crippen molar-refractivity contribution in [3.63, 3.8) is 0 Å². The number of fused-ring (bicyclic) bond motifs is 5. The standard InChI is InChI=1S/C21H26O8S/c1-27-20-17-12-14(19(23)21(20)28-2)5-3-4-6-15(29-30(24,25)26)9-7-13-8-10-18(22)16(17)11-13/h8,10-12,15,22-23H,3-7,9H2,1-2H3,(H,24,25,26). The fraction of sp³-hybridized carbons (Fsp3) is 0.429. The summed E-state index contributed by atoms with van der Waals surface area (Å²) in [5.74, 6) is 0.511. The zero-order chi connectivity index (χ0) is 21.9. The van der Waals surface area contributed by atoms with E-state index in [1.54, 1.807) is 24.3 Å². The van der Waals surface area contributed by atoms with Crippen LogP contribution < -0.4 is 9.47 Å². The average Bonchev–Trinajstić information content (AvgIpc) is 2.70. The SMILES string of the molecule is COc1c2cc(c(O)c1OC)CCCCC(OS(=O)(=O)O)CCc1ccc(O)c-2c1. The maximum atomic E-state index is 11.2. The first-order valence-electron chi connectivity index (χ1n) is 9.68. The van der Waals surface area contributed by atoms with Gasteiger partial charge in [-0.2, -0.15) is 8.42 Å². The first-order chi connectivity index (χ1) is 14.2. The normalized spacial score (nSPS) is 17.4. The highest BCUT2D eigenvalue weighted by Gasteiger charge is 2.23. The molecule has 0 fully saturated rings. The molecular formula is C21H26O8S. The van der Waals surface area contributed by atoms with Gasteiger partial charge in [0.1, 0.15) is 5.75 Å². The van der Waals surface area contributed by atoms with Crippen molar-refractivity contribution in [3.8, 4) is 34.1 Å². The lowest BCUT2D eigenvalue weighted by atomic mass is 9.95. The van der Waals surface area contributed by atoms with Gasteiger partial charge in [0.15, 0.2) is 11.5 Å². The van der Waals surface area contributed by atoms with E-state index in [1.807, 2.05) is 0 Å². The molecule has 0 radical (unpaired) electrons. The van der Waals surface area contributed by atoms with E-state index < -0.39 is 16.5 Å². The first kappa shape index (κ1) is 22.2. The first-order valence-corrected chi connectivity index (χ1v) is 11.0. The number of hydrogen-bond acceptors (Lipinski definition) is 7. The molecule has 9 heteroatoms. The largest absolute Gasteiger partial charge is 0.507 e. The minimum absolute atomic E-state index is 0.0330. The minimum Gasteiger partial charge on any atom is -0.507 e. The van der Waals surface area contributed by atoms with Gasteiger partial charge in [-0.3, -0.25) is 4.55 Å². The predicted octanol–water partition coefficient (Wildman–Crippen LogP) is 3.63. The summed E-state index contributed by atoms with van der Waals surface area (Å²) >= 11 is 0. The van der Waals surface area contributed by atoms with E-state index in [1.165, 1.54) is 14.2 Å². The van der Waals surface area contributed by atoms with E-state index in [0.717, 1.165) is 5.56 Å². The Balaban J connectivity index is 2.11. The summed E-state index contributed by atoms with van der Waals surface area (Å²) in [7, 11) is -1.65. The second kappa shape index (κ2) is 9.11. The molecule has 0 aromatic heterocycles. The highest BCUT2D eigenvalue weighted by Crippen LogP contribution is 2.48. The van der Waals surface area contributed by atoms with Gasteiger partial charge in [-0.15, -0.1) is 0 Å². The highest BCUT2D eigenvalue weighted by molar-refractivity contribution is 7.80. The summed E-state index contributed by atoms with van der Waals surface area (Å²) in [6, 6.07) is 6.87. The van der Waals surface area contributed by atoms with E-state index in [2.05, 4.69) is 0 Å². The van der Waals surface area contributed by atoms with Gasteiger partial charge < -0.3 is 19.7 Å². The molecule has 164 valence electrons. The third-order valence-electron chi connectivity index (χ3n) is 5.28. The maximum Gasteiger partial charge on any atom is 0.397 e. The number of phenols is 2. The number of hydrogen-bond donors (Lipinski definition) is 3. The molecule has 1 unspecified atom stereocenters. The second-order valence-electron chi connectivity index (χ2n) is 7.28. The Morgan fingerprint density at radius 1 is 0.933 bits per heavy atom. The van der Waals surface area contributed by atoms with Crippen LogP contribution in [0, 0.1) is 0 Å². The van der Waals surface area contributed by atoms with Gasteiger partial charge in [0.2, 0.25) is 5.75 Å². The fourth-order valence-electron chi connectivity index (χ4n) is 3.85. The van der Waals surface area contributed by atoms with Gasteiger partial charge >= 0.3 is 10.4 Å². The number of methoxy groups -OCH3 is 2. The quantitative estimate of drug-likeness (QED) is 0.619. The summed E-state index contributed by atoms with van der Waals surface area (Å²) in [5.41, 5.74) is 2.57. The third kappa shape index (κ3) is 4.97. The number of phenolic OH excluding ortho intramolecular Hbond substituents is 2. The van der Waals surface area contributed by atoms with Gasteiger partial charge in [-0.05, 0) is 61.4 Å². The summed E-state index contributed by atoms with van der Waals surface area (Å²) in [6.07, 6.45) is 2.41. The molecule has 0 amide bonds. The van der Waals surface area contributed by atoms with Gasteiger partial charge in [0.05, 0.1) is 20.3 Å². The van der Waals surface area contributed by atoms with Crippen LogP contribution >= 0.6 is 0 Å². The molecule has 0 saturated carbocycles. The van der Waals surface area contributed by atoms with Crippen LogP contribution in [0.2, 0.25) is 0 Å². The molecular weight excluding hydrogens is 412 g/mol. The van der Waals surface area contributed by atoms with Crippen LogP contribution in [0.1, 0.15) is 36.8 Å². The van der Waals surface area contributed by atoms with Crippen LogP contribution in [0.25, 0.3) is 11.1 Å². The number of rotatable bonds is 4. The number of benzene rings is 2. The molecule has 8 nitrogen and oxygen atoms in total. The van der Waals surface area contributed by atoms with E-state index in [4.69, 9.17) is 18.2 Å². The topological polar surface area (TPSA) is 123 Å². The molecule has 2 aromatic rings. The van der Waals surface area contributed by atoms with E-state index in [9.17, 15) is 18.6 Å². The van der Waals surface area contributed by atoms with Crippen molar-refractivity contribution in [2.45, 2.75) is 44.6 Å². The van der Waals surface area contributed by atoms with Crippen LogP contribution in [0.15, 0.2) is 24.3 Å². The Labute approximate surface area is 176 Å². The monoisotopic (exact) mass is 438 g/mol. The van der Waals surface area contributed by atoms with Crippen molar-refractivity contribution in [1.82, 2.24) is 0 Å². The van der Waals surface area contributed by atoms with Gasteiger partial charge in [-0.25, -0.2) is 4.18 Å². The van der Waals surface area contributed by atoms with Crippen LogP contribution in [-0.2, 0) is 27.4 Å². The molecule has 1 aliphatic carbocycles. The number of aromatic hydroxyl groups is 2. The van der Waals surface area contributed by atoms with Crippen molar-refractivity contribution in [3.05, 3.63) is 35.4 Å². The Morgan fingerprint density at radius 3 is 2.33 bits per heavy atom. The minimum atomic E-state index is -4.56. The fourth-order valence-corrected chi connectivity index (χ4v) is 4.38. The van der Waals surface area contributed by atoms with Gasteiger partial charge in [0.25, 0.3) is 0 Å². The summed E-state index contributed by atoms with van der Waals surface area (Å²) in [5, 5.41) is 21.2. The summed E-state index contributed by atoms with van der Waals surface area (Å²) in [4.78, 5) is 0. The van der Waals surface area contributed by atoms with Crippen molar-refractivity contribution < 1.29 is 36.8 Å². The zero-order valence-corrected chi connectivity index (χ0v) is 17.7. The van der Waals surface area contributed by atoms with E-state index >= 15 is 0 Å². The van der Waals surface area contributed by atoms with Crippen molar-refractivity contribution >= 4 is 10.4 Å². The van der Waals surface area contributed by atoms with Crippen LogP contribution in [0.3, 0.4) is 0 Å². The predicted molar refractivity (Wildman–Crippen MR) is 111 cm³/mol. The average molecular weight is 438 g/mol. The Hall–Kier alpha value is -2.49. The number of ether oxygens (including phenoxy) is 2. The van der Waals surface area contributed by atoms with Crippen LogP contribution in [0.5, 0.6) is 23.0 Å². The molecule has 0 spiro atoms. The van der Waals surface area contributed by atoms with E-state index in [-0.39, 0.29) is 17.2 Å². The molecule has 0 heterocycles. The van der Waals surface area contributed by atoms with Crippen molar-refractivity contribution in [2.24, 2.45) is 0 Å². The molecule has 30 heavy (non-hydrogen) atoms. The van der Waals surface area contributed by atoms with Crippen molar-refractivity contribution in [1.29, 1.82) is 0 Å². The lowest BCUT2D eigenvalue weighted by Crippen LogP contribution is -2.19. The molecule has 0 aliphatic heterocycles. The lowest BCUT2D eigenvalue weighted by molar-refractivity contribution is 0.161. The molecule has 4 bridgehead atoms. The number of aryl methyl sites for hydroxylation is 2. The molecule has 3 N–H and O–H groups in total. The Morgan fingerprint density at radius 2 is 1.67 bits per heavy atom. The molecule has 1 aliphatic rings. The zero-order valence-electron chi connectivity index (χ0n) is 16.9. The van der Waals surface area contributed by atoms with Crippen LogP contribution in [-0.4, -0.2) is 43.5 Å². The Kier molecular flexibility index (Phi) is 6.74. The maximum absolute atomic E-state index is 11.2. The highest BCUT2D eigenvalue weighted by atomic mass is 32.3. The summed E-state index contributed by atoms with van der Waals surface area (Å²) in [6.45, 7) is 0. The smallest absolute Gasteiger partial charge is 0.397 e. The molecule has 1 atom stereocenters. The van der Waals surface area contributed by atoms with Crippen LogP contribution in [0.4, 0.5) is 0 Å². The molecule has 3 rings (SSSR count). The van der Waals surface area contributed by atoms with Gasteiger partial charge in [-0.1, -0.05) is 12.5 Å². The lowest BCUT2D eigenvalue weighted by Gasteiger charge is -2.18. The van der Waals surface area contributed by atoms with Crippen molar-refractivity contribution in [2.75, 3.05) is 14.2 Å². The summed E-state index contributed by atoms with van der Waals surface area (Å²) < 4.78 is 47.2. The van der Waals surface area contributed by atoms with E-state index in [0.29, 0.717) is 61.0 Å². The Bertz CT molecular complexity index is 1020. The second-order valence-corrected chi connectivity index (χ2v) is 8.33. The molecule has 0 saturated heterocycles. The third-order valence-corrected chi connectivity index (χ3v) is 5.80. The van der Waals surface area contributed by atoms with Gasteiger partial charge in [0, 0.05) is 11.1 Å².